The highest BCUT2D eigenvalue weighted by molar-refractivity contribution is 5.79. The van der Waals surface area contributed by atoms with Crippen LogP contribution in [0.25, 0.3) is 0 Å². The second-order valence-corrected chi connectivity index (χ2v) is 5.30. The minimum Gasteiger partial charge on any atom is -0.350 e. The normalized spacial score (nSPS) is 21.9. The summed E-state index contributed by atoms with van der Waals surface area (Å²) in [5.74, 6) is 0. The van der Waals surface area contributed by atoms with Gasteiger partial charge in [-0.2, -0.15) is 0 Å². The molecule has 1 aliphatic carbocycles. The molecule has 2 aliphatic rings. The summed E-state index contributed by atoms with van der Waals surface area (Å²) in [6.45, 7) is 2.17. The molecule has 1 fully saturated rings. The van der Waals surface area contributed by atoms with E-state index in [1.165, 1.54) is 42.6 Å². The van der Waals surface area contributed by atoms with Crippen LogP contribution in [-0.4, -0.2) is 19.8 Å². The van der Waals surface area contributed by atoms with E-state index in [0.29, 0.717) is 0 Å². The van der Waals surface area contributed by atoms with Gasteiger partial charge in [0.15, 0.2) is 0 Å². The summed E-state index contributed by atoms with van der Waals surface area (Å²) in [7, 11) is 4.51. The Hall–Kier alpha value is -1.18. The molecule has 1 spiro atoms. The Morgan fingerprint density at radius 2 is 1.62 bits per heavy atom. The first-order chi connectivity index (χ1) is 7.65. The Balaban J connectivity index is 2.12. The molecule has 2 heteroatoms. The van der Waals surface area contributed by atoms with Gasteiger partial charge in [-0.1, -0.05) is 6.07 Å². The molecule has 0 amide bonds. The van der Waals surface area contributed by atoms with Crippen molar-refractivity contribution in [2.75, 3.05) is 23.9 Å². The summed E-state index contributed by atoms with van der Waals surface area (Å²) in [4.78, 5) is 5.00. The van der Waals surface area contributed by atoms with Gasteiger partial charge in [0.05, 0.1) is 11.4 Å². The monoisotopic (exact) mass is 216 g/mol. The maximum absolute atomic E-state index is 2.50. The topological polar surface area (TPSA) is 6.48 Å². The number of hydrogen-bond donors (Lipinski definition) is 0. The number of nitrogens with zero attached hydrogens (tertiary/aromatic N) is 2. The van der Waals surface area contributed by atoms with E-state index in [2.05, 4.69) is 49.0 Å². The quantitative estimate of drug-likeness (QED) is 0.657. The summed E-state index contributed by atoms with van der Waals surface area (Å²) in [6, 6.07) is 6.81. The lowest BCUT2D eigenvalue weighted by atomic mass is 10.1. The summed E-state index contributed by atoms with van der Waals surface area (Å²) in [6.07, 6.45) is 5.32. The number of fused-ring (bicyclic) bond motifs is 1. The van der Waals surface area contributed by atoms with Crippen LogP contribution in [0.2, 0.25) is 0 Å². The average molecular weight is 216 g/mol. The van der Waals surface area contributed by atoms with Gasteiger partial charge in [-0.3, -0.25) is 0 Å². The lowest BCUT2D eigenvalue weighted by Crippen LogP contribution is -2.52. The molecule has 0 unspecified atom stereocenters. The van der Waals surface area contributed by atoms with E-state index in [0.717, 1.165) is 0 Å². The molecule has 0 N–H and O–H groups in total. The molecule has 1 aliphatic heterocycles. The summed E-state index contributed by atoms with van der Waals surface area (Å²) < 4.78 is 0. The minimum absolute atomic E-state index is 0.274. The highest BCUT2D eigenvalue weighted by Gasteiger charge is 2.47. The van der Waals surface area contributed by atoms with Crippen LogP contribution in [0.3, 0.4) is 0 Å². The molecule has 1 heterocycles. The fourth-order valence-corrected chi connectivity index (χ4v) is 3.47. The Bertz CT molecular complexity index is 419. The molecule has 86 valence electrons. The molecule has 2 nitrogen and oxygen atoms in total. The van der Waals surface area contributed by atoms with E-state index in [1.54, 1.807) is 0 Å². The van der Waals surface area contributed by atoms with Crippen LogP contribution in [0, 0.1) is 6.92 Å². The van der Waals surface area contributed by atoms with E-state index >= 15 is 0 Å². The zero-order valence-electron chi connectivity index (χ0n) is 10.5. The number of hydrogen-bond acceptors (Lipinski definition) is 2. The first-order valence-corrected chi connectivity index (χ1v) is 6.23. The molecule has 1 saturated carbocycles. The minimum atomic E-state index is 0.274. The molecule has 1 aromatic carbocycles. The van der Waals surface area contributed by atoms with Crippen LogP contribution in [0.1, 0.15) is 31.2 Å². The van der Waals surface area contributed by atoms with Crippen LogP contribution in [-0.2, 0) is 0 Å². The van der Waals surface area contributed by atoms with E-state index in [4.69, 9.17) is 0 Å². The molecule has 16 heavy (non-hydrogen) atoms. The maximum atomic E-state index is 2.50. The van der Waals surface area contributed by atoms with Gasteiger partial charge in [0.2, 0.25) is 0 Å². The third kappa shape index (κ3) is 1.07. The molecular formula is C14H20N2. The van der Waals surface area contributed by atoms with E-state index in [-0.39, 0.29) is 5.66 Å². The van der Waals surface area contributed by atoms with Crippen molar-refractivity contribution in [1.29, 1.82) is 0 Å². The summed E-state index contributed by atoms with van der Waals surface area (Å²) >= 11 is 0. The van der Waals surface area contributed by atoms with Crippen molar-refractivity contribution in [3.63, 3.8) is 0 Å². The van der Waals surface area contributed by atoms with Crippen molar-refractivity contribution in [3.05, 3.63) is 23.8 Å². The van der Waals surface area contributed by atoms with Crippen molar-refractivity contribution < 1.29 is 0 Å². The third-order valence-corrected chi connectivity index (χ3v) is 4.51. The Morgan fingerprint density at radius 3 is 2.31 bits per heavy atom. The van der Waals surface area contributed by atoms with Gasteiger partial charge in [-0.15, -0.1) is 0 Å². The second kappa shape index (κ2) is 3.16. The average Bonchev–Trinajstić information content (AvgIpc) is 2.83. The molecule has 3 rings (SSSR count). The van der Waals surface area contributed by atoms with Gasteiger partial charge < -0.3 is 9.80 Å². The van der Waals surface area contributed by atoms with Gasteiger partial charge in [-0.05, 0) is 50.3 Å². The molecule has 0 bridgehead atoms. The van der Waals surface area contributed by atoms with Crippen molar-refractivity contribution in [1.82, 2.24) is 0 Å². The number of aryl methyl sites for hydroxylation is 1. The molecule has 1 aromatic rings. The zero-order valence-corrected chi connectivity index (χ0v) is 10.5. The van der Waals surface area contributed by atoms with Gasteiger partial charge in [0, 0.05) is 14.1 Å². The van der Waals surface area contributed by atoms with E-state index in [1.807, 2.05) is 0 Å². The molecule has 0 atom stereocenters. The first-order valence-electron chi connectivity index (χ1n) is 6.23. The van der Waals surface area contributed by atoms with Gasteiger partial charge in [0.25, 0.3) is 0 Å². The summed E-state index contributed by atoms with van der Waals surface area (Å²) in [5.41, 5.74) is 4.43. The predicted octanol–water partition coefficient (Wildman–Crippen LogP) is 3.15. The molecular weight excluding hydrogens is 196 g/mol. The standard InChI is InChI=1S/C14H20N2/c1-11-6-7-12-13(10-11)16(3)14(15(12)2)8-4-5-9-14/h6-7,10H,4-5,8-9H2,1-3H3. The van der Waals surface area contributed by atoms with Crippen LogP contribution in [0.15, 0.2) is 18.2 Å². The Kier molecular flexibility index (Phi) is 1.97. The predicted molar refractivity (Wildman–Crippen MR) is 69.2 cm³/mol. The van der Waals surface area contributed by atoms with Gasteiger partial charge >= 0.3 is 0 Å². The number of anilines is 2. The van der Waals surface area contributed by atoms with Crippen molar-refractivity contribution in [2.24, 2.45) is 0 Å². The molecule has 0 saturated heterocycles. The van der Waals surface area contributed by atoms with Crippen molar-refractivity contribution in [3.8, 4) is 0 Å². The van der Waals surface area contributed by atoms with Crippen LogP contribution in [0.4, 0.5) is 11.4 Å². The van der Waals surface area contributed by atoms with E-state index < -0.39 is 0 Å². The van der Waals surface area contributed by atoms with Crippen molar-refractivity contribution >= 4 is 11.4 Å². The highest BCUT2D eigenvalue weighted by atomic mass is 15.4. The zero-order chi connectivity index (χ0) is 11.3. The summed E-state index contributed by atoms with van der Waals surface area (Å²) in [5, 5.41) is 0. The Labute approximate surface area is 97.9 Å². The second-order valence-electron chi connectivity index (χ2n) is 5.30. The van der Waals surface area contributed by atoms with Gasteiger partial charge in [-0.25, -0.2) is 0 Å². The first kappa shape index (κ1) is 10.0. The van der Waals surface area contributed by atoms with E-state index in [9.17, 15) is 0 Å². The molecule has 0 radical (unpaired) electrons. The lowest BCUT2D eigenvalue weighted by Gasteiger charge is -2.39. The fourth-order valence-electron chi connectivity index (χ4n) is 3.47. The lowest BCUT2D eigenvalue weighted by molar-refractivity contribution is 0.429. The highest BCUT2D eigenvalue weighted by Crippen LogP contribution is 2.50. The van der Waals surface area contributed by atoms with Crippen LogP contribution < -0.4 is 9.80 Å². The number of benzene rings is 1. The SMILES string of the molecule is Cc1ccc2c(c1)N(C)C1(CCCC1)N2C. The van der Waals surface area contributed by atoms with Crippen molar-refractivity contribution in [2.45, 2.75) is 38.3 Å². The molecule has 0 aromatic heterocycles. The van der Waals surface area contributed by atoms with Crippen LogP contribution in [0.5, 0.6) is 0 Å². The van der Waals surface area contributed by atoms with Gasteiger partial charge in [0.1, 0.15) is 5.66 Å². The maximum Gasteiger partial charge on any atom is 0.112 e. The number of rotatable bonds is 0. The third-order valence-electron chi connectivity index (χ3n) is 4.51. The van der Waals surface area contributed by atoms with Crippen LogP contribution >= 0.6 is 0 Å². The smallest absolute Gasteiger partial charge is 0.112 e. The Morgan fingerprint density at radius 1 is 1.00 bits per heavy atom. The fraction of sp³-hybridized carbons (Fsp3) is 0.571. The largest absolute Gasteiger partial charge is 0.350 e.